The van der Waals surface area contributed by atoms with Gasteiger partial charge in [-0.3, -0.25) is 0 Å². The Kier molecular flexibility index (Phi) is 21.4. The van der Waals surface area contributed by atoms with E-state index in [1.54, 1.807) is 0 Å². The van der Waals surface area contributed by atoms with Gasteiger partial charge in [0.1, 0.15) is 0 Å². The van der Waals surface area contributed by atoms with Gasteiger partial charge in [0.2, 0.25) is 0 Å². The molecule has 0 fully saturated rings. The van der Waals surface area contributed by atoms with Crippen molar-refractivity contribution in [3.8, 4) is 0 Å². The molecule has 0 amide bonds. The van der Waals surface area contributed by atoms with E-state index >= 15 is 0 Å². The predicted octanol–water partition coefficient (Wildman–Crippen LogP) is 4.43. The average molecular weight is 552 g/mol. The average Bonchev–Trinajstić information content (AvgIpc) is 3.16. The van der Waals surface area contributed by atoms with Gasteiger partial charge in [-0.1, -0.05) is 66.2 Å². The molecule has 0 spiro atoms. The van der Waals surface area contributed by atoms with E-state index in [9.17, 15) is 0 Å². The van der Waals surface area contributed by atoms with E-state index in [-0.39, 0.29) is 26.2 Å². The fourth-order valence-corrected chi connectivity index (χ4v) is 2.39. The molecular weight excluding hydrogens is 516 g/mol. The minimum Gasteiger partial charge on any atom is -0.748 e. The second-order valence-electron chi connectivity index (χ2n) is 7.08. The fraction of sp³-hybridized carbons (Fsp3) is 0.545. The zero-order chi connectivity index (χ0) is 23.8. The summed E-state index contributed by atoms with van der Waals surface area (Å²) in [4.78, 5) is 0. The second kappa shape index (κ2) is 18.9. The van der Waals surface area contributed by atoms with Gasteiger partial charge in [0.25, 0.3) is 0 Å². The molecule has 2 aromatic rings. The Labute approximate surface area is 208 Å². The first-order valence-electron chi connectivity index (χ1n) is 9.93. The predicted molar refractivity (Wildman–Crippen MR) is 122 cm³/mol. The summed E-state index contributed by atoms with van der Waals surface area (Å²) in [5.74, 6) is 0. The van der Waals surface area contributed by atoms with Crippen molar-refractivity contribution in [2.24, 2.45) is 0 Å². The standard InChI is InChI=1S/2C10H15.2CH4O3S.Zr/c2*1-3-4-7-10-8-5-6-9(10)2;2*1-5(2,3)4;/h2*5-6,8H,3-4,7H2,1-2H3;2*1H3,(H,2,3,4);/q2*-1;;;+4/p-2. The molecule has 2 aromatic carbocycles. The molecule has 0 N–H and O–H groups in total. The summed E-state index contributed by atoms with van der Waals surface area (Å²) < 4.78 is 54.5. The summed E-state index contributed by atoms with van der Waals surface area (Å²) in [5.41, 5.74) is 5.96. The Morgan fingerprint density at radius 2 is 1.00 bits per heavy atom. The molecule has 0 aliphatic heterocycles. The van der Waals surface area contributed by atoms with E-state index in [1.165, 1.54) is 60.8 Å². The Bertz CT molecular complexity index is 791. The molecule has 0 bridgehead atoms. The van der Waals surface area contributed by atoms with E-state index in [0.29, 0.717) is 12.5 Å². The van der Waals surface area contributed by atoms with Crippen molar-refractivity contribution < 1.29 is 52.1 Å². The molecule has 0 heterocycles. The van der Waals surface area contributed by atoms with Gasteiger partial charge in [-0.25, -0.2) is 41.1 Å². The molecular formula is C22H36O6S2Zr. The van der Waals surface area contributed by atoms with Crippen LogP contribution < -0.4 is 0 Å². The third-order valence-electron chi connectivity index (χ3n) is 3.90. The molecule has 0 saturated carbocycles. The van der Waals surface area contributed by atoms with E-state index in [1.807, 2.05) is 0 Å². The van der Waals surface area contributed by atoms with Crippen LogP contribution in [0.1, 0.15) is 61.8 Å². The normalized spacial score (nSPS) is 10.3. The summed E-state index contributed by atoms with van der Waals surface area (Å²) >= 11 is 0. The minimum absolute atomic E-state index is 0. The molecule has 0 aliphatic rings. The second-order valence-corrected chi connectivity index (χ2v) is 9.90. The monoisotopic (exact) mass is 550 g/mol. The maximum Gasteiger partial charge on any atom is 4.00 e. The van der Waals surface area contributed by atoms with Crippen LogP contribution in [0.3, 0.4) is 0 Å². The van der Waals surface area contributed by atoms with Crippen LogP contribution in [0.2, 0.25) is 0 Å². The van der Waals surface area contributed by atoms with Crippen LogP contribution >= 0.6 is 0 Å². The molecule has 0 aliphatic carbocycles. The smallest absolute Gasteiger partial charge is 0.748 e. The van der Waals surface area contributed by atoms with Crippen LogP contribution in [0.5, 0.6) is 0 Å². The zero-order valence-corrected chi connectivity index (χ0v) is 23.6. The van der Waals surface area contributed by atoms with Gasteiger partial charge in [0, 0.05) is 12.5 Å². The Balaban J connectivity index is -0.000000353. The summed E-state index contributed by atoms with van der Waals surface area (Å²) in [6.45, 7) is 8.84. The summed E-state index contributed by atoms with van der Waals surface area (Å²) in [5, 5.41) is 0. The van der Waals surface area contributed by atoms with Crippen molar-refractivity contribution in [1.82, 2.24) is 0 Å². The van der Waals surface area contributed by atoms with Crippen LogP contribution in [0, 0.1) is 13.8 Å². The van der Waals surface area contributed by atoms with Crippen molar-refractivity contribution >= 4 is 20.2 Å². The largest absolute Gasteiger partial charge is 4.00 e. The number of aryl methyl sites for hydroxylation is 4. The first-order chi connectivity index (χ1) is 13.7. The first kappa shape index (κ1) is 35.0. The SMILES string of the molecule is CCCC[c-]1cccc1C.CCCC[c-]1cccc1C.CS(=O)(=O)[O-].CS(=O)(=O)[O-].[Zr+4]. The Morgan fingerprint density at radius 3 is 1.16 bits per heavy atom. The minimum atomic E-state index is -3.92. The van der Waals surface area contributed by atoms with Gasteiger partial charge < -0.3 is 9.11 Å². The van der Waals surface area contributed by atoms with E-state index in [2.05, 4.69) is 64.1 Å². The van der Waals surface area contributed by atoms with Gasteiger partial charge in [-0.05, 0) is 0 Å². The van der Waals surface area contributed by atoms with Gasteiger partial charge in [-0.15, -0.1) is 0 Å². The van der Waals surface area contributed by atoms with Crippen LogP contribution in [0.4, 0.5) is 0 Å². The van der Waals surface area contributed by atoms with E-state index in [0.717, 1.165) is 0 Å². The van der Waals surface area contributed by atoms with E-state index < -0.39 is 20.2 Å². The number of rotatable bonds is 6. The zero-order valence-electron chi connectivity index (χ0n) is 19.5. The van der Waals surface area contributed by atoms with Crippen LogP contribution in [-0.2, 0) is 59.3 Å². The maximum absolute atomic E-state index is 9.08. The molecule has 0 saturated heterocycles. The van der Waals surface area contributed by atoms with Gasteiger partial charge in [-0.2, -0.15) is 34.4 Å². The summed E-state index contributed by atoms with van der Waals surface area (Å²) in [6.07, 6.45) is 8.97. The maximum atomic E-state index is 9.08. The van der Waals surface area contributed by atoms with E-state index in [4.69, 9.17) is 25.9 Å². The fourth-order valence-electron chi connectivity index (χ4n) is 2.39. The molecule has 31 heavy (non-hydrogen) atoms. The van der Waals surface area contributed by atoms with Crippen molar-refractivity contribution in [2.45, 2.75) is 66.2 Å². The van der Waals surface area contributed by atoms with Crippen molar-refractivity contribution in [3.05, 3.63) is 58.7 Å². The Hall–Kier alpha value is -0.597. The first-order valence-corrected chi connectivity index (χ1v) is 13.6. The summed E-state index contributed by atoms with van der Waals surface area (Å²) in [6, 6.07) is 13.1. The topological polar surface area (TPSA) is 114 Å². The van der Waals surface area contributed by atoms with Gasteiger partial charge >= 0.3 is 26.2 Å². The molecule has 176 valence electrons. The van der Waals surface area contributed by atoms with Gasteiger partial charge in [0.15, 0.2) is 0 Å². The van der Waals surface area contributed by atoms with Crippen molar-refractivity contribution in [1.29, 1.82) is 0 Å². The summed E-state index contributed by atoms with van der Waals surface area (Å²) in [7, 11) is -7.83. The third kappa shape index (κ3) is 29.4. The molecule has 9 heteroatoms. The molecule has 6 nitrogen and oxygen atoms in total. The molecule has 0 unspecified atom stereocenters. The van der Waals surface area contributed by atoms with Crippen LogP contribution in [0.15, 0.2) is 36.4 Å². The molecule has 0 radical (unpaired) electrons. The molecule has 0 atom stereocenters. The number of unbranched alkanes of at least 4 members (excludes halogenated alkanes) is 2. The van der Waals surface area contributed by atoms with Crippen molar-refractivity contribution in [3.63, 3.8) is 0 Å². The Morgan fingerprint density at radius 1 is 0.742 bits per heavy atom. The molecule has 0 aromatic heterocycles. The third-order valence-corrected chi connectivity index (χ3v) is 3.90. The van der Waals surface area contributed by atoms with Gasteiger partial charge in [0.05, 0.1) is 20.2 Å². The number of hydrogen-bond donors (Lipinski definition) is 0. The quantitative estimate of drug-likeness (QED) is 0.387. The van der Waals surface area contributed by atoms with Crippen LogP contribution in [-0.4, -0.2) is 38.5 Å². The van der Waals surface area contributed by atoms with Crippen LogP contribution in [0.25, 0.3) is 0 Å². The molecule has 2 rings (SSSR count). The number of hydrogen-bond acceptors (Lipinski definition) is 6. The van der Waals surface area contributed by atoms with Crippen molar-refractivity contribution in [2.75, 3.05) is 12.5 Å².